The van der Waals surface area contributed by atoms with Crippen molar-refractivity contribution < 1.29 is 13.9 Å². The van der Waals surface area contributed by atoms with E-state index >= 15 is 0 Å². The van der Waals surface area contributed by atoms with Gasteiger partial charge in [-0.25, -0.2) is 13.8 Å². The first-order valence-corrected chi connectivity index (χ1v) is 8.37. The molecule has 1 N–H and O–H groups in total. The molecule has 1 atom stereocenters. The van der Waals surface area contributed by atoms with Crippen molar-refractivity contribution in [3.63, 3.8) is 0 Å². The fourth-order valence-corrected chi connectivity index (χ4v) is 3.49. The van der Waals surface area contributed by atoms with Crippen LogP contribution in [0.4, 0.5) is 8.78 Å². The Hall–Kier alpha value is -2.31. The van der Waals surface area contributed by atoms with Crippen LogP contribution in [-0.2, 0) is 19.5 Å². The third-order valence-corrected chi connectivity index (χ3v) is 4.75. The summed E-state index contributed by atoms with van der Waals surface area (Å²) in [5.74, 6) is -1.82. The molecular formula is C19H19F2N3O. The molecule has 0 spiro atoms. The number of β-amino-alcohol motifs (C(OH)–C–C–N with tert-alkyl or cyclic N) is 1. The molecule has 2 heterocycles. The highest BCUT2D eigenvalue weighted by Gasteiger charge is 2.19. The molecule has 0 radical (unpaired) electrons. The lowest BCUT2D eigenvalue weighted by molar-refractivity contribution is 0.0926. The molecule has 1 aromatic heterocycles. The van der Waals surface area contributed by atoms with Crippen molar-refractivity contribution in [1.29, 1.82) is 0 Å². The number of hydrogen-bond donors (Lipinski definition) is 1. The Kier molecular flexibility index (Phi) is 4.23. The van der Waals surface area contributed by atoms with Crippen LogP contribution in [0, 0.1) is 11.6 Å². The highest BCUT2D eigenvalue weighted by molar-refractivity contribution is 5.75. The zero-order chi connectivity index (χ0) is 17.4. The second kappa shape index (κ2) is 6.54. The van der Waals surface area contributed by atoms with Crippen molar-refractivity contribution >= 4 is 11.0 Å². The van der Waals surface area contributed by atoms with Crippen LogP contribution in [0.3, 0.4) is 0 Å². The molecule has 0 bridgehead atoms. The number of nitrogens with zero attached hydrogens (tertiary/aromatic N) is 3. The van der Waals surface area contributed by atoms with E-state index in [0.29, 0.717) is 24.1 Å². The van der Waals surface area contributed by atoms with Gasteiger partial charge in [0.1, 0.15) is 0 Å². The molecule has 25 heavy (non-hydrogen) atoms. The van der Waals surface area contributed by atoms with E-state index in [1.165, 1.54) is 17.5 Å². The molecule has 0 saturated carbocycles. The fraction of sp³-hybridized carbons (Fsp3) is 0.316. The average molecular weight is 343 g/mol. The van der Waals surface area contributed by atoms with E-state index in [4.69, 9.17) is 0 Å². The number of hydrogen-bond acceptors (Lipinski definition) is 3. The summed E-state index contributed by atoms with van der Waals surface area (Å²) < 4.78 is 28.4. The Morgan fingerprint density at radius 3 is 2.68 bits per heavy atom. The summed E-state index contributed by atoms with van der Waals surface area (Å²) in [4.78, 5) is 6.30. The van der Waals surface area contributed by atoms with E-state index in [1.807, 2.05) is 6.07 Å². The number of rotatable bonds is 4. The van der Waals surface area contributed by atoms with Crippen LogP contribution >= 0.6 is 0 Å². The van der Waals surface area contributed by atoms with E-state index < -0.39 is 17.7 Å². The van der Waals surface area contributed by atoms with E-state index in [-0.39, 0.29) is 0 Å². The zero-order valence-corrected chi connectivity index (χ0v) is 13.7. The summed E-state index contributed by atoms with van der Waals surface area (Å²) in [6.07, 6.45) is 1.87. The van der Waals surface area contributed by atoms with E-state index in [0.717, 1.165) is 31.6 Å². The normalized spacial score (nSPS) is 16.1. The fourth-order valence-electron chi connectivity index (χ4n) is 3.49. The van der Waals surface area contributed by atoms with E-state index in [2.05, 4.69) is 28.1 Å². The number of halogens is 2. The number of aliphatic hydroxyl groups is 1. The summed E-state index contributed by atoms with van der Waals surface area (Å²) in [6.45, 7) is 2.54. The molecule has 2 aromatic carbocycles. The summed E-state index contributed by atoms with van der Waals surface area (Å²) in [6, 6.07) is 10.6. The highest BCUT2D eigenvalue weighted by atomic mass is 19.2. The second-order valence-corrected chi connectivity index (χ2v) is 6.56. The maximum Gasteiger partial charge on any atom is 0.161 e. The average Bonchev–Trinajstić information content (AvgIpc) is 2.97. The van der Waals surface area contributed by atoms with E-state index in [1.54, 1.807) is 4.57 Å². The molecule has 4 rings (SSSR count). The summed E-state index contributed by atoms with van der Waals surface area (Å²) in [5, 5.41) is 10.4. The van der Waals surface area contributed by atoms with Crippen LogP contribution in [0.1, 0.15) is 11.1 Å². The zero-order valence-electron chi connectivity index (χ0n) is 13.7. The van der Waals surface area contributed by atoms with Crippen LogP contribution in [0.2, 0.25) is 0 Å². The Labute approximate surface area is 144 Å². The quantitative estimate of drug-likeness (QED) is 0.792. The number of benzene rings is 2. The first-order chi connectivity index (χ1) is 12.1. The van der Waals surface area contributed by atoms with Crippen molar-refractivity contribution in [3.8, 4) is 0 Å². The van der Waals surface area contributed by atoms with Gasteiger partial charge in [0.05, 0.1) is 30.0 Å². The van der Waals surface area contributed by atoms with Gasteiger partial charge in [0.25, 0.3) is 0 Å². The molecule has 3 aromatic rings. The molecule has 0 fully saturated rings. The summed E-state index contributed by atoms with van der Waals surface area (Å²) >= 11 is 0. The third-order valence-electron chi connectivity index (χ3n) is 4.75. The predicted molar refractivity (Wildman–Crippen MR) is 91.1 cm³/mol. The molecule has 130 valence electrons. The van der Waals surface area contributed by atoms with Gasteiger partial charge in [-0.1, -0.05) is 24.3 Å². The van der Waals surface area contributed by atoms with Gasteiger partial charge in [-0.05, 0) is 17.5 Å². The van der Waals surface area contributed by atoms with Gasteiger partial charge in [0, 0.05) is 31.8 Å². The molecule has 4 nitrogen and oxygen atoms in total. The second-order valence-electron chi connectivity index (χ2n) is 6.56. The summed E-state index contributed by atoms with van der Waals surface area (Å²) in [7, 11) is 0. The van der Waals surface area contributed by atoms with Crippen molar-refractivity contribution in [2.45, 2.75) is 25.6 Å². The molecular weight excluding hydrogens is 324 g/mol. The molecule has 6 heteroatoms. The van der Waals surface area contributed by atoms with Gasteiger partial charge in [-0.3, -0.25) is 4.90 Å². The van der Waals surface area contributed by atoms with Crippen molar-refractivity contribution in [1.82, 2.24) is 14.5 Å². The largest absolute Gasteiger partial charge is 0.390 e. The number of fused-ring (bicyclic) bond motifs is 2. The monoisotopic (exact) mass is 343 g/mol. The van der Waals surface area contributed by atoms with Gasteiger partial charge in [-0.2, -0.15) is 0 Å². The predicted octanol–water partition coefficient (Wildman–Crippen LogP) is 2.73. The topological polar surface area (TPSA) is 41.3 Å². The highest BCUT2D eigenvalue weighted by Crippen LogP contribution is 2.20. The van der Waals surface area contributed by atoms with Gasteiger partial charge in [0.2, 0.25) is 0 Å². The number of aliphatic hydroxyl groups excluding tert-OH is 1. The standard InChI is InChI=1S/C19H19F2N3O/c20-16-7-18-19(8-17(16)21)24(12-22-18)11-15(25)10-23-6-5-13-3-1-2-4-14(13)9-23/h1-4,7-8,12,15,25H,5-6,9-11H2/t15-/m1/s1. The number of imidazole rings is 1. The molecule has 0 saturated heterocycles. The molecule has 1 aliphatic rings. The Bertz CT molecular complexity index is 909. The van der Waals surface area contributed by atoms with E-state index in [9.17, 15) is 13.9 Å². The van der Waals surface area contributed by atoms with Crippen molar-refractivity contribution in [2.24, 2.45) is 0 Å². The number of aromatic nitrogens is 2. The lowest BCUT2D eigenvalue weighted by Gasteiger charge is -2.30. The van der Waals surface area contributed by atoms with Crippen LogP contribution in [0.25, 0.3) is 11.0 Å². The lowest BCUT2D eigenvalue weighted by atomic mass is 10.00. The van der Waals surface area contributed by atoms with Crippen LogP contribution in [0.5, 0.6) is 0 Å². The van der Waals surface area contributed by atoms with Crippen molar-refractivity contribution in [3.05, 3.63) is 65.5 Å². The maximum absolute atomic E-state index is 13.5. The Morgan fingerprint density at radius 1 is 1.08 bits per heavy atom. The molecule has 1 aliphatic heterocycles. The minimum atomic E-state index is -0.912. The van der Waals surface area contributed by atoms with Gasteiger partial charge >= 0.3 is 0 Å². The molecule has 0 aliphatic carbocycles. The lowest BCUT2D eigenvalue weighted by Crippen LogP contribution is -2.38. The molecule has 0 amide bonds. The first-order valence-electron chi connectivity index (χ1n) is 8.37. The minimum Gasteiger partial charge on any atom is -0.390 e. The van der Waals surface area contributed by atoms with Crippen molar-refractivity contribution in [2.75, 3.05) is 13.1 Å². The summed E-state index contributed by atoms with van der Waals surface area (Å²) in [5.41, 5.74) is 3.54. The van der Waals surface area contributed by atoms with Crippen LogP contribution in [0.15, 0.2) is 42.7 Å². The Balaban J connectivity index is 1.45. The van der Waals surface area contributed by atoms with Crippen LogP contribution < -0.4 is 0 Å². The van der Waals surface area contributed by atoms with Gasteiger partial charge < -0.3 is 9.67 Å². The van der Waals surface area contributed by atoms with Gasteiger partial charge in [-0.15, -0.1) is 0 Å². The first kappa shape index (κ1) is 16.2. The maximum atomic E-state index is 13.5. The SMILES string of the molecule is O[C@H](CN1CCc2ccccc2C1)Cn1cnc2cc(F)c(F)cc21. The molecule has 0 unspecified atom stereocenters. The van der Waals surface area contributed by atoms with Crippen LogP contribution in [-0.4, -0.2) is 38.8 Å². The minimum absolute atomic E-state index is 0.291. The van der Waals surface area contributed by atoms with Gasteiger partial charge in [0.15, 0.2) is 11.6 Å². The third kappa shape index (κ3) is 3.27. The Morgan fingerprint density at radius 2 is 1.84 bits per heavy atom. The smallest absolute Gasteiger partial charge is 0.161 e.